The highest BCUT2D eigenvalue weighted by atomic mass is 16.6. The Balaban J connectivity index is 1.54. The Morgan fingerprint density at radius 1 is 1.12 bits per heavy atom. The summed E-state index contributed by atoms with van der Waals surface area (Å²) in [6, 6.07) is 14.3. The van der Waals surface area contributed by atoms with E-state index in [9.17, 15) is 4.79 Å². The molecule has 0 radical (unpaired) electrons. The van der Waals surface area contributed by atoms with Crippen LogP contribution in [-0.4, -0.2) is 30.6 Å². The Bertz CT molecular complexity index is 786. The van der Waals surface area contributed by atoms with Crippen LogP contribution in [0.1, 0.15) is 35.6 Å². The molecule has 2 aliphatic heterocycles. The van der Waals surface area contributed by atoms with E-state index in [0.717, 1.165) is 42.0 Å². The SMILES string of the molecule is Cc1ccccc1CC(=O)N1CCCC1c1ccc2c(c1)OCCO2. The first kappa shape index (κ1) is 16.0. The monoisotopic (exact) mass is 337 g/mol. The molecule has 2 aromatic rings. The van der Waals surface area contributed by atoms with Crippen molar-refractivity contribution >= 4 is 5.91 Å². The number of ether oxygens (including phenoxy) is 2. The Hall–Kier alpha value is -2.49. The minimum Gasteiger partial charge on any atom is -0.486 e. The third-order valence-corrected chi connectivity index (χ3v) is 5.13. The van der Waals surface area contributed by atoms with E-state index in [4.69, 9.17) is 9.47 Å². The van der Waals surface area contributed by atoms with Crippen LogP contribution in [0.3, 0.4) is 0 Å². The smallest absolute Gasteiger partial charge is 0.227 e. The average Bonchev–Trinajstić information content (AvgIpc) is 3.13. The van der Waals surface area contributed by atoms with Gasteiger partial charge in [-0.1, -0.05) is 30.3 Å². The standard InChI is InChI=1S/C21H23NO3/c1-15-5-2-3-6-16(15)14-21(23)22-10-4-7-18(22)17-8-9-19-20(13-17)25-12-11-24-19/h2-3,5-6,8-9,13,18H,4,7,10-12,14H2,1H3. The highest BCUT2D eigenvalue weighted by Gasteiger charge is 2.30. The minimum atomic E-state index is 0.132. The fourth-order valence-corrected chi connectivity index (χ4v) is 3.75. The molecule has 0 N–H and O–H groups in total. The predicted molar refractivity (Wildman–Crippen MR) is 96.0 cm³/mol. The van der Waals surface area contributed by atoms with E-state index >= 15 is 0 Å². The van der Waals surface area contributed by atoms with Crippen LogP contribution in [0.2, 0.25) is 0 Å². The van der Waals surface area contributed by atoms with Crippen molar-refractivity contribution in [3.8, 4) is 11.5 Å². The average molecular weight is 337 g/mol. The maximum Gasteiger partial charge on any atom is 0.227 e. The van der Waals surface area contributed by atoms with Gasteiger partial charge in [-0.2, -0.15) is 0 Å². The second-order valence-corrected chi connectivity index (χ2v) is 6.75. The van der Waals surface area contributed by atoms with Crippen molar-refractivity contribution in [1.29, 1.82) is 0 Å². The second kappa shape index (κ2) is 6.79. The molecule has 2 aromatic carbocycles. The van der Waals surface area contributed by atoms with Gasteiger partial charge in [-0.15, -0.1) is 0 Å². The van der Waals surface area contributed by atoms with Crippen LogP contribution >= 0.6 is 0 Å². The van der Waals surface area contributed by atoms with E-state index in [0.29, 0.717) is 19.6 Å². The van der Waals surface area contributed by atoms with Gasteiger partial charge in [-0.3, -0.25) is 4.79 Å². The topological polar surface area (TPSA) is 38.8 Å². The van der Waals surface area contributed by atoms with E-state index in [1.54, 1.807) is 0 Å². The molecule has 4 heteroatoms. The van der Waals surface area contributed by atoms with Gasteiger partial charge in [0.15, 0.2) is 11.5 Å². The van der Waals surface area contributed by atoms with Crippen molar-refractivity contribution < 1.29 is 14.3 Å². The molecule has 1 fully saturated rings. The van der Waals surface area contributed by atoms with Crippen molar-refractivity contribution in [2.45, 2.75) is 32.2 Å². The number of rotatable bonds is 3. The largest absolute Gasteiger partial charge is 0.486 e. The summed E-state index contributed by atoms with van der Waals surface area (Å²) < 4.78 is 11.3. The molecule has 2 heterocycles. The molecule has 0 aliphatic carbocycles. The van der Waals surface area contributed by atoms with Gasteiger partial charge in [0.05, 0.1) is 12.5 Å². The molecule has 0 bridgehead atoms. The number of aryl methyl sites for hydroxylation is 1. The van der Waals surface area contributed by atoms with Gasteiger partial charge in [0, 0.05) is 6.54 Å². The Labute approximate surface area is 148 Å². The number of carbonyl (C=O) groups excluding carboxylic acids is 1. The van der Waals surface area contributed by atoms with Crippen LogP contribution in [0, 0.1) is 6.92 Å². The molecule has 130 valence electrons. The Morgan fingerprint density at radius 3 is 2.76 bits per heavy atom. The third-order valence-electron chi connectivity index (χ3n) is 5.13. The van der Waals surface area contributed by atoms with Crippen molar-refractivity contribution in [1.82, 2.24) is 4.90 Å². The van der Waals surface area contributed by atoms with Crippen molar-refractivity contribution in [2.24, 2.45) is 0 Å². The molecule has 1 atom stereocenters. The third kappa shape index (κ3) is 3.21. The van der Waals surface area contributed by atoms with E-state index in [1.165, 1.54) is 5.56 Å². The van der Waals surface area contributed by atoms with Gasteiger partial charge in [0.25, 0.3) is 0 Å². The van der Waals surface area contributed by atoms with Crippen LogP contribution in [0.15, 0.2) is 42.5 Å². The first-order valence-electron chi connectivity index (χ1n) is 8.96. The summed E-state index contributed by atoms with van der Waals surface area (Å²) >= 11 is 0. The highest BCUT2D eigenvalue weighted by Crippen LogP contribution is 2.38. The molecule has 0 saturated carbocycles. The highest BCUT2D eigenvalue weighted by molar-refractivity contribution is 5.80. The van der Waals surface area contributed by atoms with Crippen LogP contribution in [0.25, 0.3) is 0 Å². The van der Waals surface area contributed by atoms with Crippen LogP contribution < -0.4 is 9.47 Å². The van der Waals surface area contributed by atoms with Crippen LogP contribution in [-0.2, 0) is 11.2 Å². The number of amides is 1. The lowest BCUT2D eigenvalue weighted by molar-refractivity contribution is -0.131. The van der Waals surface area contributed by atoms with Crippen LogP contribution in [0.4, 0.5) is 0 Å². The van der Waals surface area contributed by atoms with Gasteiger partial charge in [0.2, 0.25) is 5.91 Å². The summed E-state index contributed by atoms with van der Waals surface area (Å²) in [5.41, 5.74) is 3.42. The van der Waals surface area contributed by atoms with Crippen molar-refractivity contribution in [2.75, 3.05) is 19.8 Å². The molecule has 1 amide bonds. The zero-order valence-electron chi connectivity index (χ0n) is 14.5. The summed E-state index contributed by atoms with van der Waals surface area (Å²) in [7, 11) is 0. The predicted octanol–water partition coefficient (Wildman–Crippen LogP) is 3.67. The lowest BCUT2D eigenvalue weighted by Gasteiger charge is -2.27. The molecule has 0 aromatic heterocycles. The zero-order chi connectivity index (χ0) is 17.2. The molecule has 1 saturated heterocycles. The number of carbonyl (C=O) groups is 1. The first-order chi connectivity index (χ1) is 12.2. The van der Waals surface area contributed by atoms with Crippen LogP contribution in [0.5, 0.6) is 11.5 Å². The maximum absolute atomic E-state index is 12.9. The Morgan fingerprint density at radius 2 is 1.92 bits per heavy atom. The number of fused-ring (bicyclic) bond motifs is 1. The van der Waals surface area contributed by atoms with E-state index < -0.39 is 0 Å². The fourth-order valence-electron chi connectivity index (χ4n) is 3.75. The summed E-state index contributed by atoms with van der Waals surface area (Å²) in [5, 5.41) is 0. The summed E-state index contributed by atoms with van der Waals surface area (Å²) in [6.45, 7) is 4.06. The van der Waals surface area contributed by atoms with Crippen molar-refractivity contribution in [3.05, 3.63) is 59.2 Å². The number of hydrogen-bond donors (Lipinski definition) is 0. The lowest BCUT2D eigenvalue weighted by Crippen LogP contribution is -2.32. The quantitative estimate of drug-likeness (QED) is 0.858. The number of likely N-dealkylation sites (tertiary alicyclic amines) is 1. The van der Waals surface area contributed by atoms with Gasteiger partial charge in [-0.05, 0) is 48.6 Å². The first-order valence-corrected chi connectivity index (χ1v) is 8.96. The molecule has 1 unspecified atom stereocenters. The van der Waals surface area contributed by atoms with Gasteiger partial charge in [0.1, 0.15) is 13.2 Å². The van der Waals surface area contributed by atoms with Gasteiger partial charge < -0.3 is 14.4 Å². The Kier molecular flexibility index (Phi) is 4.35. The molecule has 4 rings (SSSR count). The fraction of sp³-hybridized carbons (Fsp3) is 0.381. The minimum absolute atomic E-state index is 0.132. The molecule has 4 nitrogen and oxygen atoms in total. The summed E-state index contributed by atoms with van der Waals surface area (Å²) in [6.07, 6.45) is 2.51. The zero-order valence-corrected chi connectivity index (χ0v) is 14.5. The van der Waals surface area contributed by atoms with Gasteiger partial charge in [-0.25, -0.2) is 0 Å². The normalized spacial score (nSPS) is 19.1. The number of nitrogens with zero attached hydrogens (tertiary/aromatic N) is 1. The van der Waals surface area contributed by atoms with E-state index in [1.807, 2.05) is 35.2 Å². The second-order valence-electron chi connectivity index (χ2n) is 6.75. The lowest BCUT2D eigenvalue weighted by atomic mass is 10.0. The number of benzene rings is 2. The number of hydrogen-bond acceptors (Lipinski definition) is 3. The van der Waals surface area contributed by atoms with E-state index in [2.05, 4.69) is 19.1 Å². The van der Waals surface area contributed by atoms with E-state index in [-0.39, 0.29) is 11.9 Å². The molecular formula is C21H23NO3. The van der Waals surface area contributed by atoms with Crippen molar-refractivity contribution in [3.63, 3.8) is 0 Å². The molecular weight excluding hydrogens is 314 g/mol. The molecule has 25 heavy (non-hydrogen) atoms. The molecule has 0 spiro atoms. The maximum atomic E-state index is 12.9. The van der Waals surface area contributed by atoms with Gasteiger partial charge >= 0.3 is 0 Å². The summed E-state index contributed by atoms with van der Waals surface area (Å²) in [4.78, 5) is 14.9. The summed E-state index contributed by atoms with van der Waals surface area (Å²) in [5.74, 6) is 1.79. The molecule has 2 aliphatic rings.